The second kappa shape index (κ2) is 16.9. The lowest BCUT2D eigenvalue weighted by atomic mass is 10.0. The van der Waals surface area contributed by atoms with Gasteiger partial charge in [0.1, 0.15) is 5.60 Å². The molecule has 36 heavy (non-hydrogen) atoms. The molecule has 2 saturated heterocycles. The van der Waals surface area contributed by atoms with Gasteiger partial charge in [0.25, 0.3) is 0 Å². The monoisotopic (exact) mass is 530 g/mol. The lowest BCUT2D eigenvalue weighted by molar-refractivity contribution is -0.121. The highest BCUT2D eigenvalue weighted by atomic mass is 32.2. The van der Waals surface area contributed by atoms with E-state index in [-0.39, 0.29) is 24.0 Å². The summed E-state index contributed by atoms with van der Waals surface area (Å²) in [6, 6.07) is 0.451. The van der Waals surface area contributed by atoms with Gasteiger partial charge in [-0.15, -0.1) is 0 Å². The topological polar surface area (TPSA) is 127 Å². The maximum absolute atomic E-state index is 12.0. The molecule has 2 aliphatic rings. The molecular weight excluding hydrogens is 484 g/mol. The van der Waals surface area contributed by atoms with Gasteiger partial charge < -0.3 is 35.5 Å². The van der Waals surface area contributed by atoms with E-state index >= 15 is 0 Å². The number of ether oxygens (including phenoxy) is 3. The van der Waals surface area contributed by atoms with Gasteiger partial charge in [-0.1, -0.05) is 6.42 Å². The molecule has 0 saturated carbocycles. The number of unbranched alkanes of at least 4 members (excludes halogenated alkanes) is 2. The van der Waals surface area contributed by atoms with Crippen molar-refractivity contribution in [1.29, 1.82) is 0 Å². The van der Waals surface area contributed by atoms with Crippen LogP contribution >= 0.6 is 11.8 Å². The summed E-state index contributed by atoms with van der Waals surface area (Å²) in [6.45, 7) is 9.29. The fourth-order valence-electron chi connectivity index (χ4n) is 4.06. The number of rotatable bonds is 18. The molecule has 0 aromatic rings. The van der Waals surface area contributed by atoms with E-state index in [1.54, 1.807) is 0 Å². The molecule has 2 aliphatic heterocycles. The number of thioether (sulfide) groups is 1. The minimum Gasteiger partial charge on any atom is -0.444 e. The van der Waals surface area contributed by atoms with Crippen molar-refractivity contribution in [1.82, 2.24) is 21.3 Å². The largest absolute Gasteiger partial charge is 0.444 e. The predicted octanol–water partition coefficient (Wildman–Crippen LogP) is 2.95. The Morgan fingerprint density at radius 3 is 2.22 bits per heavy atom. The van der Waals surface area contributed by atoms with Gasteiger partial charge in [0.15, 0.2) is 0 Å². The summed E-state index contributed by atoms with van der Waals surface area (Å²) in [5.41, 5.74) is -0.480. The van der Waals surface area contributed by atoms with Gasteiger partial charge in [0, 0.05) is 56.9 Å². The third-order valence-electron chi connectivity index (χ3n) is 5.83. The third-order valence-corrected chi connectivity index (χ3v) is 7.34. The molecule has 0 aromatic carbocycles. The lowest BCUT2D eigenvalue weighted by Gasteiger charge is -2.19. The molecule has 208 valence electrons. The van der Waals surface area contributed by atoms with Crippen LogP contribution in [0.3, 0.4) is 0 Å². The summed E-state index contributed by atoms with van der Waals surface area (Å²) in [7, 11) is 0. The molecule has 4 N–H and O–H groups in total. The first-order valence-corrected chi connectivity index (χ1v) is 14.4. The fourth-order valence-corrected chi connectivity index (χ4v) is 5.60. The molecule has 3 atom stereocenters. The van der Waals surface area contributed by atoms with Crippen molar-refractivity contribution in [3.05, 3.63) is 0 Å². The van der Waals surface area contributed by atoms with Crippen molar-refractivity contribution in [2.75, 3.05) is 45.3 Å². The number of fused-ring (bicyclic) bond motifs is 1. The van der Waals surface area contributed by atoms with E-state index in [1.165, 1.54) is 0 Å². The van der Waals surface area contributed by atoms with Gasteiger partial charge in [0.2, 0.25) is 5.91 Å². The maximum atomic E-state index is 12.0. The van der Waals surface area contributed by atoms with Crippen molar-refractivity contribution in [3.8, 4) is 0 Å². The Bertz CT molecular complexity index is 675. The van der Waals surface area contributed by atoms with Crippen LogP contribution in [0.1, 0.15) is 72.1 Å². The first kappa shape index (κ1) is 30.5. The van der Waals surface area contributed by atoms with Crippen LogP contribution in [0.4, 0.5) is 9.59 Å². The Morgan fingerprint density at radius 1 is 0.917 bits per heavy atom. The second-order valence-corrected chi connectivity index (χ2v) is 11.6. The summed E-state index contributed by atoms with van der Waals surface area (Å²) in [6.07, 6.45) is 6.48. The molecule has 0 aromatic heterocycles. The summed E-state index contributed by atoms with van der Waals surface area (Å²) in [5.74, 6) is 1.07. The van der Waals surface area contributed by atoms with Crippen molar-refractivity contribution < 1.29 is 28.6 Å². The number of nitrogens with one attached hydrogen (secondary N) is 4. The molecule has 0 unspecified atom stereocenters. The quantitative estimate of drug-likeness (QED) is 0.158. The van der Waals surface area contributed by atoms with Crippen LogP contribution in [0.2, 0.25) is 0 Å². The number of alkyl carbamates (subject to hydrolysis) is 1. The van der Waals surface area contributed by atoms with Gasteiger partial charge in [-0.2, -0.15) is 11.8 Å². The van der Waals surface area contributed by atoms with E-state index in [1.807, 2.05) is 32.5 Å². The molecule has 2 heterocycles. The molecule has 11 heteroatoms. The number of carbonyl (C=O) groups excluding carboxylic acids is 3. The zero-order chi connectivity index (χ0) is 26.2. The molecular formula is C25H46N4O6S. The van der Waals surface area contributed by atoms with E-state index < -0.39 is 11.7 Å². The third kappa shape index (κ3) is 13.5. The molecule has 0 bridgehead atoms. The molecule has 2 rings (SSSR count). The van der Waals surface area contributed by atoms with Crippen molar-refractivity contribution >= 4 is 29.8 Å². The lowest BCUT2D eigenvalue weighted by Crippen LogP contribution is -2.36. The van der Waals surface area contributed by atoms with Crippen LogP contribution in [0, 0.1) is 0 Å². The molecule has 4 amide bonds. The van der Waals surface area contributed by atoms with Crippen molar-refractivity contribution in [2.45, 2.75) is 95.1 Å². The highest BCUT2D eigenvalue weighted by Gasteiger charge is 2.42. The van der Waals surface area contributed by atoms with Gasteiger partial charge in [-0.05, 0) is 59.3 Å². The Hall–Kier alpha value is -1.72. The molecule has 10 nitrogen and oxygen atoms in total. The van der Waals surface area contributed by atoms with E-state index in [2.05, 4.69) is 21.3 Å². The average molecular weight is 531 g/mol. The maximum Gasteiger partial charge on any atom is 0.407 e. The van der Waals surface area contributed by atoms with Crippen LogP contribution in [0.25, 0.3) is 0 Å². The van der Waals surface area contributed by atoms with E-state index in [0.717, 1.165) is 50.7 Å². The van der Waals surface area contributed by atoms with E-state index in [9.17, 15) is 14.4 Å². The van der Waals surface area contributed by atoms with E-state index in [4.69, 9.17) is 14.2 Å². The standard InChI is InChI=1S/C25H46N4O6S/c1-25(2,3)35-24(32)27-13-9-17-34-15-7-6-14-33-16-8-12-26-21(30)11-5-4-10-20-22-19(18-36-20)28-23(31)29-22/h19-20,22H,4-18H2,1-3H3,(H,26,30)(H,27,32)(H2,28,29,31)/t19-,20-,22-/m0/s1. The highest BCUT2D eigenvalue weighted by molar-refractivity contribution is 8.00. The SMILES string of the molecule is CC(C)(C)OC(=O)NCCCOCCCCOCCCNC(=O)CCCC[C@@H]1SC[C@@H]2NC(=O)N[C@@H]21. The van der Waals surface area contributed by atoms with Crippen LogP contribution in [0.5, 0.6) is 0 Å². The Balaban J connectivity index is 1.28. The zero-order valence-corrected chi connectivity index (χ0v) is 23.0. The molecule has 0 aliphatic carbocycles. The van der Waals surface area contributed by atoms with Crippen LogP contribution in [-0.4, -0.2) is 86.2 Å². The summed E-state index contributed by atoms with van der Waals surface area (Å²) < 4.78 is 16.4. The van der Waals surface area contributed by atoms with Gasteiger partial charge in [0.05, 0.1) is 12.1 Å². The number of urea groups is 1. The van der Waals surface area contributed by atoms with Gasteiger partial charge in [-0.25, -0.2) is 9.59 Å². The average Bonchev–Trinajstić information content (AvgIpc) is 3.35. The minimum atomic E-state index is -0.480. The summed E-state index contributed by atoms with van der Waals surface area (Å²) in [5, 5.41) is 12.1. The number of hydrogen-bond acceptors (Lipinski definition) is 7. The Labute approximate surface area is 220 Å². The zero-order valence-electron chi connectivity index (χ0n) is 22.2. The van der Waals surface area contributed by atoms with Gasteiger partial charge in [-0.3, -0.25) is 4.79 Å². The van der Waals surface area contributed by atoms with Crippen LogP contribution in [0.15, 0.2) is 0 Å². The van der Waals surface area contributed by atoms with E-state index in [0.29, 0.717) is 51.2 Å². The molecule has 2 fully saturated rings. The smallest absolute Gasteiger partial charge is 0.407 e. The van der Waals surface area contributed by atoms with Crippen molar-refractivity contribution in [2.24, 2.45) is 0 Å². The summed E-state index contributed by atoms with van der Waals surface area (Å²) >= 11 is 1.91. The second-order valence-electron chi connectivity index (χ2n) is 10.3. The number of amides is 4. The first-order chi connectivity index (χ1) is 17.2. The number of hydrogen-bond donors (Lipinski definition) is 4. The Kier molecular flexibility index (Phi) is 14.3. The van der Waals surface area contributed by atoms with Gasteiger partial charge >= 0.3 is 12.1 Å². The van der Waals surface area contributed by atoms with Crippen LogP contribution in [-0.2, 0) is 19.0 Å². The fraction of sp³-hybridized carbons (Fsp3) is 0.880. The van der Waals surface area contributed by atoms with Crippen LogP contribution < -0.4 is 21.3 Å². The highest BCUT2D eigenvalue weighted by Crippen LogP contribution is 2.33. The number of carbonyl (C=O) groups is 3. The first-order valence-electron chi connectivity index (χ1n) is 13.3. The molecule has 0 spiro atoms. The minimum absolute atomic E-state index is 0.0501. The van der Waals surface area contributed by atoms with Crippen molar-refractivity contribution in [3.63, 3.8) is 0 Å². The predicted molar refractivity (Wildman–Crippen MR) is 141 cm³/mol. The summed E-state index contributed by atoms with van der Waals surface area (Å²) in [4.78, 5) is 34.9. The normalized spacial score (nSPS) is 21.0. The Morgan fingerprint density at radius 2 is 1.56 bits per heavy atom. The molecule has 0 radical (unpaired) electrons.